The lowest BCUT2D eigenvalue weighted by Gasteiger charge is -2.09. The number of halogens is 1. The molecule has 0 atom stereocenters. The van der Waals surface area contributed by atoms with Crippen LogP contribution in [0.3, 0.4) is 0 Å². The number of hydrogen-bond acceptors (Lipinski definition) is 4. The molecule has 1 aromatic carbocycles. The summed E-state index contributed by atoms with van der Waals surface area (Å²) < 4.78 is 37.4. The fraction of sp³-hybridized carbons (Fsp3) is 0.333. The molecule has 0 saturated carbocycles. The van der Waals surface area contributed by atoms with Gasteiger partial charge in [0, 0.05) is 6.04 Å². The molecule has 1 aromatic rings. The molecule has 0 fully saturated rings. The zero-order valence-corrected chi connectivity index (χ0v) is 11.7. The number of carboxylic acids is 1. The monoisotopic (exact) mass is 303 g/mol. The second-order valence-electron chi connectivity index (χ2n) is 4.43. The van der Waals surface area contributed by atoms with Gasteiger partial charge in [-0.1, -0.05) is 0 Å². The van der Waals surface area contributed by atoms with E-state index in [1.807, 2.05) is 0 Å². The molecule has 8 heteroatoms. The second kappa shape index (κ2) is 6.00. The SMILES string of the molecule is CC(C)NC(=O)CS(=O)(=O)c1cc(C(=O)O)ccc1F. The Labute approximate surface area is 115 Å². The van der Waals surface area contributed by atoms with Crippen LogP contribution >= 0.6 is 0 Å². The van der Waals surface area contributed by atoms with E-state index < -0.39 is 38.2 Å². The van der Waals surface area contributed by atoms with Gasteiger partial charge in [0.25, 0.3) is 0 Å². The summed E-state index contributed by atoms with van der Waals surface area (Å²) in [5.41, 5.74) is -0.366. The third-order valence-electron chi connectivity index (χ3n) is 2.28. The third kappa shape index (κ3) is 4.02. The molecule has 6 nitrogen and oxygen atoms in total. The van der Waals surface area contributed by atoms with Gasteiger partial charge >= 0.3 is 5.97 Å². The average Bonchev–Trinajstić information content (AvgIpc) is 2.26. The summed E-state index contributed by atoms with van der Waals surface area (Å²) in [5.74, 6) is -4.19. The van der Waals surface area contributed by atoms with Crippen LogP contribution in [0.15, 0.2) is 23.1 Å². The summed E-state index contributed by atoms with van der Waals surface area (Å²) in [6, 6.07) is 2.14. The zero-order chi connectivity index (χ0) is 15.5. The van der Waals surface area contributed by atoms with Gasteiger partial charge in [0.1, 0.15) is 16.5 Å². The minimum absolute atomic E-state index is 0.257. The van der Waals surface area contributed by atoms with Crippen molar-refractivity contribution in [1.82, 2.24) is 5.32 Å². The number of aromatic carboxylic acids is 1. The smallest absolute Gasteiger partial charge is 0.335 e. The molecule has 0 spiro atoms. The Morgan fingerprint density at radius 3 is 2.45 bits per heavy atom. The van der Waals surface area contributed by atoms with E-state index in [0.29, 0.717) is 6.07 Å². The van der Waals surface area contributed by atoms with E-state index in [1.54, 1.807) is 13.8 Å². The Hall–Kier alpha value is -1.96. The Kier molecular flexibility index (Phi) is 4.83. The number of carbonyl (C=O) groups is 2. The normalized spacial score (nSPS) is 11.4. The number of carbonyl (C=O) groups excluding carboxylic acids is 1. The predicted octanol–water partition coefficient (Wildman–Crippen LogP) is 0.822. The predicted molar refractivity (Wildman–Crippen MR) is 68.7 cm³/mol. The van der Waals surface area contributed by atoms with Crippen LogP contribution in [0.4, 0.5) is 4.39 Å². The Bertz CT molecular complexity index is 639. The molecule has 0 aliphatic carbocycles. The number of hydrogen-bond donors (Lipinski definition) is 2. The highest BCUT2D eigenvalue weighted by Crippen LogP contribution is 2.18. The minimum atomic E-state index is -4.24. The van der Waals surface area contributed by atoms with Crippen molar-refractivity contribution in [3.8, 4) is 0 Å². The fourth-order valence-corrected chi connectivity index (χ4v) is 2.74. The minimum Gasteiger partial charge on any atom is -0.478 e. The average molecular weight is 303 g/mol. The quantitative estimate of drug-likeness (QED) is 0.839. The number of rotatable bonds is 5. The third-order valence-corrected chi connectivity index (χ3v) is 3.91. The van der Waals surface area contributed by atoms with Crippen LogP contribution in [0.2, 0.25) is 0 Å². The molecule has 1 amide bonds. The van der Waals surface area contributed by atoms with Crippen LogP contribution in [0.1, 0.15) is 24.2 Å². The maximum Gasteiger partial charge on any atom is 0.335 e. The first kappa shape index (κ1) is 16.1. The topological polar surface area (TPSA) is 101 Å². The summed E-state index contributed by atoms with van der Waals surface area (Å²) in [5, 5.41) is 11.1. The lowest BCUT2D eigenvalue weighted by molar-refractivity contribution is -0.119. The largest absolute Gasteiger partial charge is 0.478 e. The van der Waals surface area contributed by atoms with E-state index in [-0.39, 0.29) is 11.6 Å². The molecule has 0 aliphatic rings. The van der Waals surface area contributed by atoms with Gasteiger partial charge in [0.15, 0.2) is 9.84 Å². The molecule has 20 heavy (non-hydrogen) atoms. The Balaban J connectivity index is 3.12. The summed E-state index contributed by atoms with van der Waals surface area (Å²) in [6.07, 6.45) is 0. The molecule has 110 valence electrons. The molecule has 0 bridgehead atoms. The Morgan fingerprint density at radius 2 is 1.95 bits per heavy atom. The van der Waals surface area contributed by atoms with E-state index in [1.165, 1.54) is 0 Å². The zero-order valence-electron chi connectivity index (χ0n) is 10.9. The van der Waals surface area contributed by atoms with Crippen molar-refractivity contribution in [2.45, 2.75) is 24.8 Å². The van der Waals surface area contributed by atoms with Crippen molar-refractivity contribution in [2.75, 3.05) is 5.75 Å². The van der Waals surface area contributed by atoms with Crippen LogP contribution in [0.25, 0.3) is 0 Å². The van der Waals surface area contributed by atoms with Crippen molar-refractivity contribution >= 4 is 21.7 Å². The van der Waals surface area contributed by atoms with Gasteiger partial charge in [-0.2, -0.15) is 0 Å². The lowest BCUT2D eigenvalue weighted by atomic mass is 10.2. The number of amides is 1. The van der Waals surface area contributed by atoms with Gasteiger partial charge in [-0.25, -0.2) is 17.6 Å². The molecule has 0 heterocycles. The van der Waals surface area contributed by atoms with E-state index in [4.69, 9.17) is 5.11 Å². The number of carboxylic acid groups (broad SMARTS) is 1. The highest BCUT2D eigenvalue weighted by atomic mass is 32.2. The standard InChI is InChI=1S/C12H14FNO5S/c1-7(2)14-11(15)6-20(18,19)10-5-8(12(16)17)3-4-9(10)13/h3-5,7H,6H2,1-2H3,(H,14,15)(H,16,17). The van der Waals surface area contributed by atoms with Crippen molar-refractivity contribution in [2.24, 2.45) is 0 Å². The van der Waals surface area contributed by atoms with Crippen LogP contribution < -0.4 is 5.32 Å². The second-order valence-corrected chi connectivity index (χ2v) is 6.39. The van der Waals surface area contributed by atoms with Crippen LogP contribution in [0.5, 0.6) is 0 Å². The summed E-state index contributed by atoms with van der Waals surface area (Å²) in [4.78, 5) is 21.4. The maximum absolute atomic E-state index is 13.5. The first-order valence-corrected chi connectivity index (χ1v) is 7.33. The molecular weight excluding hydrogens is 289 g/mol. The molecule has 0 aliphatic heterocycles. The first-order valence-electron chi connectivity index (χ1n) is 5.68. The highest BCUT2D eigenvalue weighted by Gasteiger charge is 2.24. The molecule has 0 saturated heterocycles. The molecule has 1 rings (SSSR count). The van der Waals surface area contributed by atoms with E-state index in [2.05, 4.69) is 5.32 Å². The lowest BCUT2D eigenvalue weighted by Crippen LogP contribution is -2.35. The summed E-state index contributed by atoms with van der Waals surface area (Å²) >= 11 is 0. The van der Waals surface area contributed by atoms with Crippen LogP contribution in [-0.2, 0) is 14.6 Å². The van der Waals surface area contributed by atoms with Crippen molar-refractivity contribution < 1.29 is 27.5 Å². The number of benzene rings is 1. The molecule has 0 aromatic heterocycles. The maximum atomic E-state index is 13.5. The molecule has 2 N–H and O–H groups in total. The van der Waals surface area contributed by atoms with Crippen LogP contribution in [-0.4, -0.2) is 37.2 Å². The number of nitrogens with one attached hydrogen (secondary N) is 1. The number of sulfone groups is 1. The van der Waals surface area contributed by atoms with Gasteiger partial charge in [-0.15, -0.1) is 0 Å². The molecular formula is C12H14FNO5S. The molecule has 0 unspecified atom stereocenters. The van der Waals surface area contributed by atoms with E-state index >= 15 is 0 Å². The van der Waals surface area contributed by atoms with Crippen LogP contribution in [0, 0.1) is 5.82 Å². The van der Waals surface area contributed by atoms with E-state index in [9.17, 15) is 22.4 Å². The summed E-state index contributed by atoms with van der Waals surface area (Å²) in [6.45, 7) is 3.30. The molecule has 0 radical (unpaired) electrons. The van der Waals surface area contributed by atoms with Gasteiger partial charge in [-0.05, 0) is 32.0 Å². The van der Waals surface area contributed by atoms with Gasteiger partial charge in [0.05, 0.1) is 5.56 Å². The van der Waals surface area contributed by atoms with Gasteiger partial charge in [-0.3, -0.25) is 4.79 Å². The van der Waals surface area contributed by atoms with Crippen molar-refractivity contribution in [1.29, 1.82) is 0 Å². The van der Waals surface area contributed by atoms with Crippen molar-refractivity contribution in [3.05, 3.63) is 29.6 Å². The first-order chi connectivity index (χ1) is 9.13. The van der Waals surface area contributed by atoms with E-state index in [0.717, 1.165) is 12.1 Å². The van der Waals surface area contributed by atoms with Crippen molar-refractivity contribution in [3.63, 3.8) is 0 Å². The summed E-state index contributed by atoms with van der Waals surface area (Å²) in [7, 11) is -4.24. The fourth-order valence-electron chi connectivity index (χ4n) is 1.49. The highest BCUT2D eigenvalue weighted by molar-refractivity contribution is 7.92. The van der Waals surface area contributed by atoms with Gasteiger partial charge in [0.2, 0.25) is 5.91 Å². The Morgan fingerprint density at radius 1 is 1.35 bits per heavy atom. The van der Waals surface area contributed by atoms with Gasteiger partial charge < -0.3 is 10.4 Å².